The van der Waals surface area contributed by atoms with Crippen molar-refractivity contribution >= 4 is 0 Å². The Morgan fingerprint density at radius 2 is 1.90 bits per heavy atom. The van der Waals surface area contributed by atoms with Gasteiger partial charge in [-0.05, 0) is 62.9 Å². The van der Waals surface area contributed by atoms with Gasteiger partial charge in [-0.15, -0.1) is 0 Å². The van der Waals surface area contributed by atoms with Gasteiger partial charge in [-0.1, -0.05) is 19.1 Å². The number of ether oxygens (including phenoxy) is 1. The van der Waals surface area contributed by atoms with E-state index in [0.717, 1.165) is 30.3 Å². The predicted octanol–water partition coefficient (Wildman–Crippen LogP) is 3.24. The van der Waals surface area contributed by atoms with Crippen LogP contribution in [0.4, 0.5) is 0 Å². The second-order valence-corrected chi connectivity index (χ2v) is 6.03. The van der Waals surface area contributed by atoms with Gasteiger partial charge in [0, 0.05) is 6.04 Å². The Morgan fingerprint density at radius 1 is 1.20 bits per heavy atom. The van der Waals surface area contributed by atoms with Gasteiger partial charge in [-0.25, -0.2) is 0 Å². The first-order valence-electron chi connectivity index (χ1n) is 7.68. The van der Waals surface area contributed by atoms with E-state index in [1.807, 2.05) is 24.3 Å². The van der Waals surface area contributed by atoms with Crippen molar-refractivity contribution in [2.24, 2.45) is 5.92 Å². The first kappa shape index (κ1) is 15.3. The quantitative estimate of drug-likeness (QED) is 0.917. The highest BCUT2D eigenvalue weighted by molar-refractivity contribution is 5.29. The van der Waals surface area contributed by atoms with Crippen molar-refractivity contribution in [2.75, 3.05) is 20.2 Å². The summed E-state index contributed by atoms with van der Waals surface area (Å²) >= 11 is 0. The van der Waals surface area contributed by atoms with E-state index in [0.29, 0.717) is 0 Å². The molecule has 1 aromatic carbocycles. The first-order valence-corrected chi connectivity index (χ1v) is 7.68. The van der Waals surface area contributed by atoms with Gasteiger partial charge in [0.2, 0.25) is 0 Å². The van der Waals surface area contributed by atoms with Crippen LogP contribution in [0.15, 0.2) is 24.3 Å². The topological polar surface area (TPSA) is 32.7 Å². The molecule has 3 atom stereocenters. The first-order chi connectivity index (χ1) is 9.61. The molecule has 3 unspecified atom stereocenters. The van der Waals surface area contributed by atoms with Crippen LogP contribution in [-0.2, 0) is 0 Å². The normalized spacial score (nSPS) is 23.9. The number of aliphatic hydroxyl groups is 1. The van der Waals surface area contributed by atoms with Crippen LogP contribution < -0.4 is 4.74 Å². The molecule has 0 aliphatic carbocycles. The SMILES string of the molecule is COc1ccc(C(O)C(C)N2CCCC(C)CC2)cc1. The van der Waals surface area contributed by atoms with Crippen molar-refractivity contribution in [1.82, 2.24) is 4.90 Å². The van der Waals surface area contributed by atoms with Gasteiger partial charge < -0.3 is 9.84 Å². The number of hydrogen-bond donors (Lipinski definition) is 1. The van der Waals surface area contributed by atoms with E-state index in [1.54, 1.807) is 7.11 Å². The Hall–Kier alpha value is -1.06. The van der Waals surface area contributed by atoms with Crippen molar-refractivity contribution < 1.29 is 9.84 Å². The predicted molar refractivity (Wildman–Crippen MR) is 82.0 cm³/mol. The highest BCUT2D eigenvalue weighted by Gasteiger charge is 2.24. The summed E-state index contributed by atoms with van der Waals surface area (Å²) in [6.07, 6.45) is 3.34. The van der Waals surface area contributed by atoms with Crippen LogP contribution in [0, 0.1) is 5.92 Å². The Bertz CT molecular complexity index is 404. The second-order valence-electron chi connectivity index (χ2n) is 6.03. The van der Waals surface area contributed by atoms with E-state index in [2.05, 4.69) is 18.7 Å². The minimum atomic E-state index is -0.436. The minimum absolute atomic E-state index is 0.161. The molecule has 1 N–H and O–H groups in total. The van der Waals surface area contributed by atoms with Crippen LogP contribution in [0.1, 0.15) is 44.8 Å². The smallest absolute Gasteiger partial charge is 0.118 e. The number of aliphatic hydroxyl groups excluding tert-OH is 1. The van der Waals surface area contributed by atoms with E-state index in [-0.39, 0.29) is 6.04 Å². The molecule has 1 saturated heterocycles. The van der Waals surface area contributed by atoms with Crippen LogP contribution in [0.5, 0.6) is 5.75 Å². The van der Waals surface area contributed by atoms with E-state index < -0.39 is 6.10 Å². The fourth-order valence-electron chi connectivity index (χ4n) is 2.97. The number of methoxy groups -OCH3 is 1. The molecule has 0 aromatic heterocycles. The standard InChI is InChI=1S/C17H27NO2/c1-13-5-4-11-18(12-10-13)14(2)17(19)15-6-8-16(20-3)9-7-15/h6-9,13-14,17,19H,4-5,10-12H2,1-3H3. The summed E-state index contributed by atoms with van der Waals surface area (Å²) < 4.78 is 5.16. The van der Waals surface area contributed by atoms with Crippen LogP contribution in [0.25, 0.3) is 0 Å². The van der Waals surface area contributed by atoms with Gasteiger partial charge >= 0.3 is 0 Å². The van der Waals surface area contributed by atoms with Gasteiger partial charge in [0.15, 0.2) is 0 Å². The molecule has 0 spiro atoms. The number of hydrogen-bond acceptors (Lipinski definition) is 3. The lowest BCUT2D eigenvalue weighted by Crippen LogP contribution is -2.38. The van der Waals surface area contributed by atoms with Gasteiger partial charge in [0.25, 0.3) is 0 Å². The van der Waals surface area contributed by atoms with Crippen molar-refractivity contribution in [3.63, 3.8) is 0 Å². The molecule has 0 saturated carbocycles. The number of rotatable bonds is 4. The summed E-state index contributed by atoms with van der Waals surface area (Å²) in [7, 11) is 1.66. The summed E-state index contributed by atoms with van der Waals surface area (Å²) in [5, 5.41) is 10.6. The molecule has 1 aliphatic heterocycles. The fourth-order valence-corrected chi connectivity index (χ4v) is 2.97. The average Bonchev–Trinajstić information content (AvgIpc) is 2.70. The Balaban J connectivity index is 2.01. The van der Waals surface area contributed by atoms with Crippen LogP contribution in [0.2, 0.25) is 0 Å². The molecule has 3 nitrogen and oxygen atoms in total. The zero-order valence-electron chi connectivity index (χ0n) is 12.9. The summed E-state index contributed by atoms with van der Waals surface area (Å²) in [6, 6.07) is 7.90. The zero-order valence-corrected chi connectivity index (χ0v) is 12.9. The molecule has 0 amide bonds. The Morgan fingerprint density at radius 3 is 2.55 bits per heavy atom. The Labute approximate surface area is 122 Å². The second kappa shape index (κ2) is 7.09. The zero-order chi connectivity index (χ0) is 14.5. The minimum Gasteiger partial charge on any atom is -0.497 e. The lowest BCUT2D eigenvalue weighted by molar-refractivity contribution is 0.0592. The molecule has 1 heterocycles. The maximum absolute atomic E-state index is 10.6. The number of likely N-dealkylation sites (tertiary alicyclic amines) is 1. The molecule has 1 fully saturated rings. The largest absolute Gasteiger partial charge is 0.497 e. The van der Waals surface area contributed by atoms with E-state index >= 15 is 0 Å². The van der Waals surface area contributed by atoms with Crippen molar-refractivity contribution in [3.05, 3.63) is 29.8 Å². The molecule has 0 bridgehead atoms. The third-order valence-electron chi connectivity index (χ3n) is 4.54. The van der Waals surface area contributed by atoms with Gasteiger partial charge in [0.1, 0.15) is 5.75 Å². The van der Waals surface area contributed by atoms with Crippen molar-refractivity contribution in [3.8, 4) is 5.75 Å². The molecule has 0 radical (unpaired) electrons. The Kier molecular flexibility index (Phi) is 5.44. The molecule has 112 valence electrons. The summed E-state index contributed by atoms with van der Waals surface area (Å²) in [6.45, 7) is 6.65. The summed E-state index contributed by atoms with van der Waals surface area (Å²) in [5.74, 6) is 1.64. The van der Waals surface area contributed by atoms with E-state index in [1.165, 1.54) is 19.3 Å². The lowest BCUT2D eigenvalue weighted by Gasteiger charge is -2.31. The van der Waals surface area contributed by atoms with Crippen LogP contribution >= 0.6 is 0 Å². The third kappa shape index (κ3) is 3.74. The summed E-state index contributed by atoms with van der Waals surface area (Å²) in [5.41, 5.74) is 0.968. The van der Waals surface area contributed by atoms with Gasteiger partial charge in [-0.2, -0.15) is 0 Å². The van der Waals surface area contributed by atoms with Gasteiger partial charge in [0.05, 0.1) is 13.2 Å². The molecule has 1 aromatic rings. The lowest BCUT2D eigenvalue weighted by atomic mass is 10.0. The molecule has 2 rings (SSSR count). The molecular formula is C17H27NO2. The molecule has 1 aliphatic rings. The number of nitrogens with zero attached hydrogens (tertiary/aromatic N) is 1. The third-order valence-corrected chi connectivity index (χ3v) is 4.54. The van der Waals surface area contributed by atoms with Crippen LogP contribution in [-0.4, -0.2) is 36.2 Å². The molecule has 3 heteroatoms. The van der Waals surface area contributed by atoms with Crippen LogP contribution in [0.3, 0.4) is 0 Å². The van der Waals surface area contributed by atoms with Crippen molar-refractivity contribution in [2.45, 2.75) is 45.3 Å². The molecule has 20 heavy (non-hydrogen) atoms. The maximum Gasteiger partial charge on any atom is 0.118 e. The van der Waals surface area contributed by atoms with E-state index in [4.69, 9.17) is 4.74 Å². The summed E-state index contributed by atoms with van der Waals surface area (Å²) in [4.78, 5) is 2.43. The fraction of sp³-hybridized carbons (Fsp3) is 0.647. The maximum atomic E-state index is 10.6. The van der Waals surface area contributed by atoms with Gasteiger partial charge in [-0.3, -0.25) is 4.90 Å². The number of benzene rings is 1. The van der Waals surface area contributed by atoms with Crippen molar-refractivity contribution in [1.29, 1.82) is 0 Å². The molecular weight excluding hydrogens is 250 g/mol. The average molecular weight is 277 g/mol. The highest BCUT2D eigenvalue weighted by Crippen LogP contribution is 2.26. The monoisotopic (exact) mass is 277 g/mol. The van der Waals surface area contributed by atoms with E-state index in [9.17, 15) is 5.11 Å². The highest BCUT2D eigenvalue weighted by atomic mass is 16.5.